The largest absolute Gasteiger partial charge is 0.480 e. The van der Waals surface area contributed by atoms with Crippen LogP contribution in [0.15, 0.2) is 60.9 Å². The highest BCUT2D eigenvalue weighted by Crippen LogP contribution is 2.21. The lowest BCUT2D eigenvalue weighted by Gasteiger charge is -2.28. The molecule has 44 heavy (non-hydrogen) atoms. The van der Waals surface area contributed by atoms with Crippen molar-refractivity contribution in [2.45, 2.75) is 71.1 Å². The van der Waals surface area contributed by atoms with Gasteiger partial charge in [-0.05, 0) is 41.5 Å². The quantitative estimate of drug-likeness (QED) is 0.116. The van der Waals surface area contributed by atoms with Crippen LogP contribution in [-0.2, 0) is 32.0 Å². The van der Waals surface area contributed by atoms with Gasteiger partial charge in [-0.3, -0.25) is 14.4 Å². The monoisotopic (exact) mass is 602 g/mol. The van der Waals surface area contributed by atoms with Crippen molar-refractivity contribution in [1.29, 1.82) is 0 Å². The molecule has 0 aliphatic carbocycles. The van der Waals surface area contributed by atoms with Crippen LogP contribution in [0.5, 0.6) is 0 Å². The summed E-state index contributed by atoms with van der Waals surface area (Å²) in [6, 6.07) is 11.2. The molecular weight excluding hydrogens is 560 g/mol. The predicted molar refractivity (Wildman–Crippen MR) is 170 cm³/mol. The Labute approximate surface area is 256 Å². The fraction of sp³-hybridized carbons (Fsp3) is 0.394. The lowest BCUT2D eigenvalue weighted by atomic mass is 9.96. The van der Waals surface area contributed by atoms with Crippen LogP contribution >= 0.6 is 0 Å². The van der Waals surface area contributed by atoms with Crippen molar-refractivity contribution in [2.75, 3.05) is 0 Å². The fourth-order valence-electron chi connectivity index (χ4n) is 5.35. The van der Waals surface area contributed by atoms with Gasteiger partial charge in [-0.25, -0.2) is 4.79 Å². The van der Waals surface area contributed by atoms with Crippen LogP contribution in [0, 0.1) is 11.8 Å². The van der Waals surface area contributed by atoms with Crippen LogP contribution in [0.2, 0.25) is 0 Å². The number of rotatable bonds is 14. The van der Waals surface area contributed by atoms with Crippen LogP contribution in [0.3, 0.4) is 0 Å². The van der Waals surface area contributed by atoms with Gasteiger partial charge in [-0.15, -0.1) is 0 Å². The third-order valence-corrected chi connectivity index (χ3v) is 8.21. The Balaban J connectivity index is 1.54. The molecule has 2 aromatic heterocycles. The number of aliphatic carboxylic acids is 1. The number of aromatic nitrogens is 2. The maximum absolute atomic E-state index is 13.8. The van der Waals surface area contributed by atoms with E-state index in [2.05, 4.69) is 25.9 Å². The van der Waals surface area contributed by atoms with Crippen molar-refractivity contribution in [3.63, 3.8) is 0 Å². The number of nitrogens with two attached hydrogens (primary N) is 1. The molecule has 0 saturated heterocycles. The molecular formula is C33H42N6O5. The Morgan fingerprint density at radius 2 is 1.27 bits per heavy atom. The van der Waals surface area contributed by atoms with E-state index >= 15 is 0 Å². The zero-order valence-corrected chi connectivity index (χ0v) is 25.5. The maximum Gasteiger partial charge on any atom is 0.326 e. The zero-order chi connectivity index (χ0) is 32.0. The lowest BCUT2D eigenvalue weighted by molar-refractivity contribution is -0.143. The average molecular weight is 603 g/mol. The molecule has 0 spiro atoms. The van der Waals surface area contributed by atoms with Gasteiger partial charge < -0.3 is 36.8 Å². The molecule has 0 radical (unpaired) electrons. The first-order chi connectivity index (χ1) is 21.0. The number of para-hydroxylation sites is 2. The molecule has 4 aromatic rings. The number of nitrogens with one attached hydrogen (secondary N) is 5. The first-order valence-electron chi connectivity index (χ1n) is 15.0. The Bertz CT molecular complexity index is 1620. The van der Waals surface area contributed by atoms with E-state index in [4.69, 9.17) is 5.73 Å². The molecule has 5 atom stereocenters. The van der Waals surface area contributed by atoms with Crippen molar-refractivity contribution < 1.29 is 24.3 Å². The topological polar surface area (TPSA) is 182 Å². The second-order valence-corrected chi connectivity index (χ2v) is 11.7. The second-order valence-electron chi connectivity index (χ2n) is 11.7. The Hall–Kier alpha value is -4.64. The molecule has 2 aromatic carbocycles. The summed E-state index contributed by atoms with van der Waals surface area (Å²) in [6.45, 7) is 7.13. The van der Waals surface area contributed by atoms with E-state index in [9.17, 15) is 24.3 Å². The number of carbonyl (C=O) groups excluding carboxylic acids is 3. The summed E-state index contributed by atoms with van der Waals surface area (Å²) >= 11 is 0. The molecule has 0 fully saturated rings. The van der Waals surface area contributed by atoms with Gasteiger partial charge in [-0.1, -0.05) is 70.5 Å². The van der Waals surface area contributed by atoms with Gasteiger partial charge in [0.2, 0.25) is 17.7 Å². The van der Waals surface area contributed by atoms with Gasteiger partial charge in [0, 0.05) is 40.6 Å². The molecule has 0 saturated carbocycles. The highest BCUT2D eigenvalue weighted by molar-refractivity contribution is 5.95. The molecule has 0 aliphatic heterocycles. The number of hydrogen-bond donors (Lipinski definition) is 7. The van der Waals surface area contributed by atoms with Gasteiger partial charge in [0.15, 0.2) is 0 Å². The van der Waals surface area contributed by atoms with Crippen LogP contribution < -0.4 is 21.7 Å². The van der Waals surface area contributed by atoms with E-state index in [0.717, 1.165) is 32.9 Å². The highest BCUT2D eigenvalue weighted by Gasteiger charge is 2.33. The smallest absolute Gasteiger partial charge is 0.326 e. The minimum atomic E-state index is -1.17. The summed E-state index contributed by atoms with van der Waals surface area (Å²) in [5.74, 6) is -3.50. The Morgan fingerprint density at radius 1 is 0.750 bits per heavy atom. The molecule has 2 heterocycles. The van der Waals surface area contributed by atoms with Crippen LogP contribution in [0.25, 0.3) is 21.8 Å². The van der Waals surface area contributed by atoms with Gasteiger partial charge in [0.25, 0.3) is 0 Å². The average Bonchev–Trinajstić information content (AvgIpc) is 3.61. The van der Waals surface area contributed by atoms with Crippen LogP contribution in [0.1, 0.15) is 45.2 Å². The van der Waals surface area contributed by atoms with Gasteiger partial charge >= 0.3 is 5.97 Å². The number of aromatic amines is 2. The molecule has 5 unspecified atom stereocenters. The number of H-pyrrole nitrogens is 2. The van der Waals surface area contributed by atoms with Gasteiger partial charge in [0.05, 0.1) is 6.04 Å². The minimum absolute atomic E-state index is 0.104. The van der Waals surface area contributed by atoms with Crippen molar-refractivity contribution in [1.82, 2.24) is 25.9 Å². The summed E-state index contributed by atoms with van der Waals surface area (Å²) in [7, 11) is 0. The van der Waals surface area contributed by atoms with Crippen molar-refractivity contribution in [3.05, 3.63) is 72.1 Å². The molecule has 0 bridgehead atoms. The van der Waals surface area contributed by atoms with E-state index in [1.54, 1.807) is 20.0 Å². The molecule has 11 heteroatoms. The van der Waals surface area contributed by atoms with Crippen LogP contribution in [0.4, 0.5) is 0 Å². The van der Waals surface area contributed by atoms with Gasteiger partial charge in [0.1, 0.15) is 18.1 Å². The number of amides is 3. The molecule has 4 rings (SSSR count). The first-order valence-corrected chi connectivity index (χ1v) is 15.0. The lowest BCUT2D eigenvalue weighted by Crippen LogP contribution is -2.59. The molecule has 3 amide bonds. The third-order valence-electron chi connectivity index (χ3n) is 8.21. The number of hydrogen-bond acceptors (Lipinski definition) is 5. The van der Waals surface area contributed by atoms with Crippen molar-refractivity contribution in [2.24, 2.45) is 17.6 Å². The van der Waals surface area contributed by atoms with Crippen LogP contribution in [-0.4, -0.2) is 62.9 Å². The molecule has 11 nitrogen and oxygen atoms in total. The Kier molecular flexibility index (Phi) is 10.4. The summed E-state index contributed by atoms with van der Waals surface area (Å²) in [6.07, 6.45) is 4.54. The van der Waals surface area contributed by atoms with E-state index in [1.807, 2.05) is 68.6 Å². The molecule has 0 aliphatic rings. The number of benzene rings is 2. The van der Waals surface area contributed by atoms with Gasteiger partial charge in [-0.2, -0.15) is 0 Å². The van der Waals surface area contributed by atoms with E-state index in [0.29, 0.717) is 6.42 Å². The third kappa shape index (κ3) is 7.46. The summed E-state index contributed by atoms with van der Waals surface area (Å²) in [4.78, 5) is 58.8. The number of carbonyl (C=O) groups is 4. The first kappa shape index (κ1) is 32.3. The Morgan fingerprint density at radius 3 is 1.80 bits per heavy atom. The van der Waals surface area contributed by atoms with E-state index in [-0.39, 0.29) is 24.7 Å². The predicted octanol–water partition coefficient (Wildman–Crippen LogP) is 3.00. The SMILES string of the molecule is CCC(C)C(NC(=O)C(N)Cc1c[nH]c2ccccc12)C(=O)NC(Cc1c[nH]c2ccccc12)C(=O)NC(C(=O)O)C(C)C. The number of carboxylic acids is 1. The maximum atomic E-state index is 13.8. The second kappa shape index (κ2) is 14.2. The minimum Gasteiger partial charge on any atom is -0.480 e. The summed E-state index contributed by atoms with van der Waals surface area (Å²) in [5.41, 5.74) is 9.79. The zero-order valence-electron chi connectivity index (χ0n) is 25.5. The fourth-order valence-corrected chi connectivity index (χ4v) is 5.35. The summed E-state index contributed by atoms with van der Waals surface area (Å²) < 4.78 is 0. The van der Waals surface area contributed by atoms with Crippen molar-refractivity contribution in [3.8, 4) is 0 Å². The number of carboxylic acid groups (broad SMARTS) is 1. The van der Waals surface area contributed by atoms with E-state index < -0.39 is 47.9 Å². The standard InChI is InChI=1S/C33H42N6O5/c1-5-19(4)29(39-30(40)24(34)14-20-16-35-25-12-8-6-10-22(20)25)32(42)37-27(31(41)38-28(18(2)3)33(43)44)15-21-17-36-26-13-9-7-11-23(21)26/h6-13,16-19,24,27-29,35-36H,5,14-15,34H2,1-4H3,(H,37,42)(H,38,41)(H,39,40)(H,43,44). The van der Waals surface area contributed by atoms with Crippen molar-refractivity contribution >= 4 is 45.5 Å². The summed E-state index contributed by atoms with van der Waals surface area (Å²) in [5, 5.41) is 19.8. The molecule has 8 N–H and O–H groups in total. The normalized spacial score (nSPS) is 15.0. The van der Waals surface area contributed by atoms with E-state index in [1.165, 1.54) is 0 Å². The molecule has 234 valence electrons. The highest BCUT2D eigenvalue weighted by atomic mass is 16.4. The number of fused-ring (bicyclic) bond motifs is 2.